The third kappa shape index (κ3) is 7.17. The van der Waals surface area contributed by atoms with Crippen LogP contribution in [0.2, 0.25) is 0 Å². The van der Waals surface area contributed by atoms with Crippen LogP contribution in [0.4, 0.5) is 4.79 Å². The normalized spacial score (nSPS) is 14.4. The van der Waals surface area contributed by atoms with Gasteiger partial charge in [-0.05, 0) is 55.8 Å². The van der Waals surface area contributed by atoms with Gasteiger partial charge in [-0.25, -0.2) is 4.79 Å². The fraction of sp³-hybridized carbons (Fsp3) is 0.458. The maximum Gasteiger partial charge on any atom is 0.321 e. The highest BCUT2D eigenvalue weighted by molar-refractivity contribution is 7.09. The summed E-state index contributed by atoms with van der Waals surface area (Å²) in [6.07, 6.45) is 3.31. The summed E-state index contributed by atoms with van der Waals surface area (Å²) in [5, 5.41) is 7.19. The molecule has 0 saturated carbocycles. The van der Waals surface area contributed by atoms with Crippen molar-refractivity contribution < 1.29 is 14.4 Å². The predicted molar refractivity (Wildman–Crippen MR) is 127 cm³/mol. The van der Waals surface area contributed by atoms with Gasteiger partial charge in [0.2, 0.25) is 5.91 Å². The number of hydrogen-bond acceptors (Lipinski definition) is 5. The molecule has 0 aliphatic carbocycles. The van der Waals surface area contributed by atoms with Gasteiger partial charge in [-0.1, -0.05) is 31.2 Å². The van der Waals surface area contributed by atoms with Crippen LogP contribution in [-0.4, -0.2) is 66.4 Å². The van der Waals surface area contributed by atoms with Gasteiger partial charge in [-0.2, -0.15) is 0 Å². The van der Waals surface area contributed by atoms with Crippen molar-refractivity contribution in [1.82, 2.24) is 20.4 Å². The number of nitrogens with one attached hydrogen (secondary N) is 2. The molecule has 0 radical (unpaired) electrons. The molecule has 1 aliphatic rings. The van der Waals surface area contributed by atoms with E-state index in [-0.39, 0.29) is 24.4 Å². The van der Waals surface area contributed by atoms with E-state index in [1.165, 1.54) is 4.88 Å². The Labute approximate surface area is 193 Å². The Morgan fingerprint density at radius 3 is 2.50 bits per heavy atom. The summed E-state index contributed by atoms with van der Waals surface area (Å²) in [5.74, 6) is -0.238. The number of thiophene rings is 1. The molecule has 8 heteroatoms. The van der Waals surface area contributed by atoms with Crippen molar-refractivity contribution in [1.29, 1.82) is 0 Å². The molecule has 0 bridgehead atoms. The molecule has 1 aliphatic heterocycles. The largest absolute Gasteiger partial charge is 0.339 e. The number of carbonyl (C=O) groups is 3. The minimum absolute atomic E-state index is 0.0584. The Balaban J connectivity index is 1.43. The number of nitrogens with zero attached hydrogens (tertiary/aromatic N) is 2. The van der Waals surface area contributed by atoms with Crippen LogP contribution in [0.15, 0.2) is 47.8 Å². The average molecular weight is 457 g/mol. The minimum Gasteiger partial charge on any atom is -0.339 e. The molecular weight excluding hydrogens is 424 g/mol. The van der Waals surface area contributed by atoms with E-state index >= 15 is 0 Å². The molecule has 1 aromatic heterocycles. The standard InChI is InChI=1S/C24H32N4O3S/c1-2-14-28(18-22(29)26-24(31)25-13-10-21-9-6-17-32-21)20-11-15-27(16-12-20)23(30)19-7-4-3-5-8-19/h3-9,17,20H,2,10-16,18H2,1H3,(H2,25,26,29,31). The van der Waals surface area contributed by atoms with Gasteiger partial charge < -0.3 is 10.2 Å². The molecule has 0 atom stereocenters. The fourth-order valence-corrected chi connectivity index (χ4v) is 4.73. The molecule has 2 N–H and O–H groups in total. The number of carbonyl (C=O) groups excluding carboxylic acids is 3. The number of rotatable bonds is 9. The number of hydrogen-bond donors (Lipinski definition) is 2. The van der Waals surface area contributed by atoms with Crippen LogP contribution in [0.5, 0.6) is 0 Å². The summed E-state index contributed by atoms with van der Waals surface area (Å²) in [6.45, 7) is 4.88. The summed E-state index contributed by atoms with van der Waals surface area (Å²) >= 11 is 1.65. The zero-order chi connectivity index (χ0) is 22.8. The van der Waals surface area contributed by atoms with Gasteiger partial charge in [-0.3, -0.25) is 19.8 Å². The first-order valence-corrected chi connectivity index (χ1v) is 12.1. The highest BCUT2D eigenvalue weighted by atomic mass is 32.1. The fourth-order valence-electron chi connectivity index (χ4n) is 4.02. The summed E-state index contributed by atoms with van der Waals surface area (Å²) in [4.78, 5) is 42.4. The number of amides is 4. The van der Waals surface area contributed by atoms with Gasteiger partial charge in [0.05, 0.1) is 6.54 Å². The zero-order valence-corrected chi connectivity index (χ0v) is 19.4. The molecule has 0 unspecified atom stereocenters. The van der Waals surface area contributed by atoms with Crippen molar-refractivity contribution in [2.24, 2.45) is 0 Å². The number of imide groups is 1. The molecule has 32 heavy (non-hydrogen) atoms. The van der Waals surface area contributed by atoms with Gasteiger partial charge in [-0.15, -0.1) is 11.3 Å². The third-order valence-corrected chi connectivity index (χ3v) is 6.57. The Kier molecular flexibility index (Phi) is 9.25. The van der Waals surface area contributed by atoms with Crippen LogP contribution in [0, 0.1) is 0 Å². The van der Waals surface area contributed by atoms with Gasteiger partial charge in [0, 0.05) is 36.1 Å². The molecule has 172 valence electrons. The maximum atomic E-state index is 12.7. The van der Waals surface area contributed by atoms with Crippen molar-refractivity contribution in [3.05, 3.63) is 58.3 Å². The number of piperidine rings is 1. The van der Waals surface area contributed by atoms with Crippen molar-refractivity contribution in [2.75, 3.05) is 32.7 Å². The average Bonchev–Trinajstić information content (AvgIpc) is 3.32. The summed E-state index contributed by atoms with van der Waals surface area (Å²) in [5.41, 5.74) is 0.709. The maximum absolute atomic E-state index is 12.7. The van der Waals surface area contributed by atoms with Gasteiger partial charge in [0.1, 0.15) is 0 Å². The lowest BCUT2D eigenvalue weighted by molar-refractivity contribution is -0.122. The van der Waals surface area contributed by atoms with Crippen molar-refractivity contribution in [3.8, 4) is 0 Å². The van der Waals surface area contributed by atoms with Crippen LogP contribution < -0.4 is 10.6 Å². The quantitative estimate of drug-likeness (QED) is 0.607. The molecule has 7 nitrogen and oxygen atoms in total. The van der Waals surface area contributed by atoms with Gasteiger partial charge in [0.15, 0.2) is 0 Å². The Bertz CT molecular complexity index is 865. The number of urea groups is 1. The second-order valence-electron chi connectivity index (χ2n) is 7.99. The molecule has 2 aromatic rings. The molecule has 0 spiro atoms. The summed E-state index contributed by atoms with van der Waals surface area (Å²) in [7, 11) is 0. The van der Waals surface area contributed by atoms with Gasteiger partial charge >= 0.3 is 6.03 Å². The first-order valence-electron chi connectivity index (χ1n) is 11.2. The molecular formula is C24H32N4O3S. The first kappa shape index (κ1) is 23.9. The second kappa shape index (κ2) is 12.4. The van der Waals surface area contributed by atoms with Crippen molar-refractivity contribution in [2.45, 2.75) is 38.6 Å². The lowest BCUT2D eigenvalue weighted by Gasteiger charge is -2.38. The molecule has 1 fully saturated rings. The molecule has 2 heterocycles. The van der Waals surface area contributed by atoms with E-state index < -0.39 is 6.03 Å². The monoisotopic (exact) mass is 456 g/mol. The smallest absolute Gasteiger partial charge is 0.321 e. The Hall–Kier alpha value is -2.71. The van der Waals surface area contributed by atoms with Crippen LogP contribution >= 0.6 is 11.3 Å². The topological polar surface area (TPSA) is 81.8 Å². The van der Waals surface area contributed by atoms with Crippen molar-refractivity contribution in [3.63, 3.8) is 0 Å². The summed E-state index contributed by atoms with van der Waals surface area (Å²) < 4.78 is 0. The van der Waals surface area contributed by atoms with Crippen LogP contribution in [0.3, 0.4) is 0 Å². The molecule has 1 aromatic carbocycles. The third-order valence-electron chi connectivity index (χ3n) is 5.64. The minimum atomic E-state index is -0.453. The Morgan fingerprint density at radius 1 is 1.09 bits per heavy atom. The van der Waals surface area contributed by atoms with Crippen LogP contribution in [0.1, 0.15) is 41.4 Å². The number of likely N-dealkylation sites (tertiary alicyclic amines) is 1. The highest BCUT2D eigenvalue weighted by Gasteiger charge is 2.28. The number of benzene rings is 1. The molecule has 3 rings (SSSR count). The van der Waals surface area contributed by atoms with E-state index in [1.807, 2.05) is 52.7 Å². The highest BCUT2D eigenvalue weighted by Crippen LogP contribution is 2.19. The molecule has 4 amide bonds. The van der Waals surface area contributed by atoms with Crippen LogP contribution in [0.25, 0.3) is 0 Å². The van der Waals surface area contributed by atoms with E-state index in [0.717, 1.165) is 32.2 Å². The Morgan fingerprint density at radius 2 is 1.84 bits per heavy atom. The van der Waals surface area contributed by atoms with Crippen LogP contribution in [-0.2, 0) is 11.2 Å². The zero-order valence-electron chi connectivity index (χ0n) is 18.6. The SMILES string of the molecule is CCCN(CC(=O)NC(=O)NCCc1cccs1)C1CCN(C(=O)c2ccccc2)CC1. The van der Waals surface area contributed by atoms with E-state index in [9.17, 15) is 14.4 Å². The van der Waals surface area contributed by atoms with E-state index in [1.54, 1.807) is 11.3 Å². The first-order chi connectivity index (χ1) is 15.6. The van der Waals surface area contributed by atoms with Crippen molar-refractivity contribution >= 4 is 29.2 Å². The van der Waals surface area contributed by atoms with E-state index in [0.29, 0.717) is 25.2 Å². The lowest BCUT2D eigenvalue weighted by atomic mass is 10.0. The van der Waals surface area contributed by atoms with E-state index in [4.69, 9.17) is 0 Å². The second-order valence-corrected chi connectivity index (χ2v) is 9.03. The van der Waals surface area contributed by atoms with E-state index in [2.05, 4.69) is 22.5 Å². The summed E-state index contributed by atoms with van der Waals surface area (Å²) in [6, 6.07) is 13.1. The predicted octanol–water partition coefficient (Wildman–Crippen LogP) is 3.13. The molecule has 1 saturated heterocycles. The lowest BCUT2D eigenvalue weighted by Crippen LogP contribution is -2.51. The van der Waals surface area contributed by atoms with Gasteiger partial charge in [0.25, 0.3) is 5.91 Å².